The fraction of sp³-hybridized carbons (Fsp3) is 0.583. The van der Waals surface area contributed by atoms with E-state index in [1.54, 1.807) is 29.4 Å². The van der Waals surface area contributed by atoms with Crippen molar-refractivity contribution in [2.45, 2.75) is 69.9 Å². The fourth-order valence-electron chi connectivity index (χ4n) is 5.47. The molecule has 2 aliphatic heterocycles. The molecule has 1 amide bonds. The lowest BCUT2D eigenvalue weighted by molar-refractivity contribution is 0.0731. The molecule has 1 saturated heterocycles. The van der Waals surface area contributed by atoms with Crippen LogP contribution < -0.4 is 5.56 Å². The van der Waals surface area contributed by atoms with E-state index in [4.69, 9.17) is 4.98 Å². The second-order valence-electron chi connectivity index (χ2n) is 9.20. The number of aromatic nitrogens is 3. The zero-order chi connectivity index (χ0) is 21.2. The third kappa shape index (κ3) is 4.28. The number of piperidine rings is 1. The molecule has 0 aromatic carbocycles. The van der Waals surface area contributed by atoms with Gasteiger partial charge in [-0.15, -0.1) is 0 Å². The van der Waals surface area contributed by atoms with Crippen molar-refractivity contribution in [2.24, 2.45) is 0 Å². The quantitative estimate of drug-likeness (QED) is 0.824. The van der Waals surface area contributed by atoms with E-state index in [0.717, 1.165) is 43.5 Å². The number of hydrogen-bond donors (Lipinski definition) is 1. The highest BCUT2D eigenvalue weighted by Gasteiger charge is 2.30. The van der Waals surface area contributed by atoms with E-state index in [9.17, 15) is 9.59 Å². The van der Waals surface area contributed by atoms with Crippen LogP contribution in [0.2, 0.25) is 0 Å². The molecule has 7 heteroatoms. The van der Waals surface area contributed by atoms with Gasteiger partial charge in [-0.3, -0.25) is 14.6 Å². The molecule has 7 nitrogen and oxygen atoms in total. The van der Waals surface area contributed by atoms with Gasteiger partial charge in [0.05, 0.1) is 23.4 Å². The number of carbonyl (C=O) groups excluding carboxylic acids is 1. The van der Waals surface area contributed by atoms with E-state index >= 15 is 0 Å². The monoisotopic (exact) mass is 421 g/mol. The van der Waals surface area contributed by atoms with Gasteiger partial charge in [-0.25, -0.2) is 4.98 Å². The second-order valence-corrected chi connectivity index (χ2v) is 9.20. The molecule has 3 aliphatic rings. The number of amides is 1. The lowest BCUT2D eigenvalue weighted by Crippen LogP contribution is -2.43. The summed E-state index contributed by atoms with van der Waals surface area (Å²) in [7, 11) is 0. The summed E-state index contributed by atoms with van der Waals surface area (Å²) in [6.45, 7) is 3.09. The number of aromatic amines is 1. The lowest BCUT2D eigenvalue weighted by Gasteiger charge is -2.39. The van der Waals surface area contributed by atoms with Crippen LogP contribution in [0.25, 0.3) is 0 Å². The molecule has 0 atom stereocenters. The lowest BCUT2D eigenvalue weighted by atomic mass is 9.89. The van der Waals surface area contributed by atoms with Crippen molar-refractivity contribution in [1.82, 2.24) is 24.8 Å². The molecule has 164 valence electrons. The maximum Gasteiger partial charge on any atom is 0.256 e. The van der Waals surface area contributed by atoms with Gasteiger partial charge in [0.15, 0.2) is 0 Å². The first-order chi connectivity index (χ1) is 15.2. The average Bonchev–Trinajstić information content (AvgIpc) is 2.84. The smallest absolute Gasteiger partial charge is 0.256 e. The summed E-state index contributed by atoms with van der Waals surface area (Å²) in [5, 5.41) is 0. The SMILES string of the molecule is O=C(c1cccnc1)N1CCc2nc(C3CCN(C4CCCCC4)CC3)[nH]c(=O)c2C1. The molecular weight excluding hydrogens is 390 g/mol. The van der Waals surface area contributed by atoms with Crippen molar-refractivity contribution < 1.29 is 4.79 Å². The Morgan fingerprint density at radius 3 is 2.61 bits per heavy atom. The molecule has 0 radical (unpaired) electrons. The Hall–Kier alpha value is -2.54. The van der Waals surface area contributed by atoms with Gasteiger partial charge in [0, 0.05) is 37.3 Å². The first-order valence-electron chi connectivity index (χ1n) is 11.7. The van der Waals surface area contributed by atoms with Crippen LogP contribution in [-0.2, 0) is 13.0 Å². The summed E-state index contributed by atoms with van der Waals surface area (Å²) in [5.74, 6) is 1.09. The summed E-state index contributed by atoms with van der Waals surface area (Å²) < 4.78 is 0. The van der Waals surface area contributed by atoms with Gasteiger partial charge in [-0.2, -0.15) is 0 Å². The van der Waals surface area contributed by atoms with Gasteiger partial charge in [0.2, 0.25) is 0 Å². The van der Waals surface area contributed by atoms with Gasteiger partial charge in [-0.05, 0) is 50.9 Å². The van der Waals surface area contributed by atoms with Crippen LogP contribution in [0.3, 0.4) is 0 Å². The number of nitrogens with zero attached hydrogens (tertiary/aromatic N) is 4. The number of carbonyl (C=O) groups is 1. The van der Waals surface area contributed by atoms with E-state index < -0.39 is 0 Å². The van der Waals surface area contributed by atoms with E-state index in [-0.39, 0.29) is 11.5 Å². The Labute approximate surface area is 182 Å². The summed E-state index contributed by atoms with van der Waals surface area (Å²) in [6, 6.07) is 4.27. The molecule has 4 heterocycles. The van der Waals surface area contributed by atoms with E-state index in [1.807, 2.05) is 0 Å². The number of fused-ring (bicyclic) bond motifs is 1. The van der Waals surface area contributed by atoms with Crippen molar-refractivity contribution in [1.29, 1.82) is 0 Å². The number of pyridine rings is 1. The number of nitrogens with one attached hydrogen (secondary N) is 1. The maximum atomic E-state index is 12.9. The minimum Gasteiger partial charge on any atom is -0.334 e. The average molecular weight is 422 g/mol. The van der Waals surface area contributed by atoms with Crippen LogP contribution in [0, 0.1) is 0 Å². The Morgan fingerprint density at radius 1 is 1.06 bits per heavy atom. The molecular formula is C24H31N5O2. The largest absolute Gasteiger partial charge is 0.334 e. The van der Waals surface area contributed by atoms with Crippen LogP contribution in [0.4, 0.5) is 0 Å². The predicted octanol–water partition coefficient (Wildman–Crippen LogP) is 2.88. The molecule has 0 unspecified atom stereocenters. The minimum atomic E-state index is -0.0858. The standard InChI is InChI=1S/C24H31N5O2/c30-23-20-16-29(24(31)18-5-4-11-25-15-18)14-10-21(20)26-22(27-23)17-8-12-28(13-9-17)19-6-2-1-3-7-19/h4-5,11,15,17,19H,1-3,6-10,12-14,16H2,(H,26,27,30). The zero-order valence-corrected chi connectivity index (χ0v) is 18.1. The van der Waals surface area contributed by atoms with Gasteiger partial charge in [-0.1, -0.05) is 19.3 Å². The van der Waals surface area contributed by atoms with Crippen LogP contribution in [0.1, 0.15) is 78.3 Å². The fourth-order valence-corrected chi connectivity index (χ4v) is 5.47. The molecule has 2 fully saturated rings. The molecule has 2 aromatic heterocycles. The number of H-pyrrole nitrogens is 1. The zero-order valence-electron chi connectivity index (χ0n) is 18.1. The Balaban J connectivity index is 1.26. The summed E-state index contributed by atoms with van der Waals surface area (Å²) >= 11 is 0. The number of hydrogen-bond acceptors (Lipinski definition) is 5. The Morgan fingerprint density at radius 2 is 1.87 bits per heavy atom. The molecule has 1 N–H and O–H groups in total. The third-order valence-corrected chi connectivity index (χ3v) is 7.29. The van der Waals surface area contributed by atoms with Crippen molar-refractivity contribution in [3.05, 3.63) is 57.5 Å². The second kappa shape index (κ2) is 8.91. The molecule has 1 aliphatic carbocycles. The van der Waals surface area contributed by atoms with Crippen molar-refractivity contribution >= 4 is 5.91 Å². The van der Waals surface area contributed by atoms with Crippen LogP contribution in [0.5, 0.6) is 0 Å². The molecule has 0 spiro atoms. The molecule has 31 heavy (non-hydrogen) atoms. The van der Waals surface area contributed by atoms with E-state index in [2.05, 4.69) is 14.9 Å². The van der Waals surface area contributed by atoms with Crippen molar-refractivity contribution in [2.75, 3.05) is 19.6 Å². The third-order valence-electron chi connectivity index (χ3n) is 7.29. The predicted molar refractivity (Wildman–Crippen MR) is 118 cm³/mol. The van der Waals surface area contributed by atoms with Crippen molar-refractivity contribution in [3.8, 4) is 0 Å². The summed E-state index contributed by atoms with van der Waals surface area (Å²) in [6.07, 6.45) is 12.8. The molecule has 2 aromatic rings. The van der Waals surface area contributed by atoms with E-state index in [0.29, 0.717) is 36.6 Å². The summed E-state index contributed by atoms with van der Waals surface area (Å²) in [4.78, 5) is 42.0. The summed E-state index contributed by atoms with van der Waals surface area (Å²) in [5.41, 5.74) is 1.96. The van der Waals surface area contributed by atoms with Crippen molar-refractivity contribution in [3.63, 3.8) is 0 Å². The first kappa shape index (κ1) is 20.4. The molecule has 1 saturated carbocycles. The molecule has 0 bridgehead atoms. The van der Waals surface area contributed by atoms with Crippen LogP contribution >= 0.6 is 0 Å². The normalized spacial score (nSPS) is 21.1. The van der Waals surface area contributed by atoms with Gasteiger partial charge in [0.25, 0.3) is 11.5 Å². The van der Waals surface area contributed by atoms with E-state index in [1.165, 1.54) is 32.1 Å². The van der Waals surface area contributed by atoms with Crippen LogP contribution in [-0.4, -0.2) is 56.3 Å². The first-order valence-corrected chi connectivity index (χ1v) is 11.7. The Kier molecular flexibility index (Phi) is 5.85. The number of likely N-dealkylation sites (tertiary alicyclic amines) is 1. The minimum absolute atomic E-state index is 0.0848. The van der Waals surface area contributed by atoms with Crippen LogP contribution in [0.15, 0.2) is 29.3 Å². The van der Waals surface area contributed by atoms with Gasteiger partial charge in [0.1, 0.15) is 5.82 Å². The highest BCUT2D eigenvalue weighted by atomic mass is 16.2. The highest BCUT2D eigenvalue weighted by molar-refractivity contribution is 5.94. The maximum absolute atomic E-state index is 12.9. The highest BCUT2D eigenvalue weighted by Crippen LogP contribution is 2.31. The topological polar surface area (TPSA) is 82.2 Å². The Bertz CT molecular complexity index is 975. The number of rotatable bonds is 3. The van der Waals surface area contributed by atoms with Gasteiger partial charge >= 0.3 is 0 Å². The molecule has 5 rings (SSSR count). The van der Waals surface area contributed by atoms with Gasteiger partial charge < -0.3 is 14.8 Å².